The van der Waals surface area contributed by atoms with Crippen LogP contribution in [0, 0.1) is 5.92 Å². The molecule has 0 aromatic carbocycles. The molecule has 0 spiro atoms. The second-order valence-electron chi connectivity index (χ2n) is 6.43. The van der Waals surface area contributed by atoms with E-state index in [1.165, 1.54) is 18.3 Å². The Balaban J connectivity index is 1.67. The monoisotopic (exact) mass is 347 g/mol. The Morgan fingerprint density at radius 1 is 1.50 bits per heavy atom. The summed E-state index contributed by atoms with van der Waals surface area (Å²) in [6.07, 6.45) is 5.00. The third-order valence-corrected chi connectivity index (χ3v) is 5.47. The number of nitrogens with zero attached hydrogens (tertiary/aromatic N) is 2. The average Bonchev–Trinajstić information content (AvgIpc) is 3.11. The van der Waals surface area contributed by atoms with Crippen molar-refractivity contribution in [3.05, 3.63) is 39.8 Å². The molecule has 2 heterocycles. The van der Waals surface area contributed by atoms with Gasteiger partial charge in [-0.25, -0.2) is 0 Å². The molecule has 0 bridgehead atoms. The Kier molecular flexibility index (Phi) is 4.82. The lowest BCUT2D eigenvalue weighted by atomic mass is 9.75. The van der Waals surface area contributed by atoms with Crippen LogP contribution in [-0.4, -0.2) is 32.7 Å². The second kappa shape index (κ2) is 6.86. The van der Waals surface area contributed by atoms with Crippen LogP contribution in [0.5, 0.6) is 0 Å². The molecule has 1 saturated carbocycles. The van der Waals surface area contributed by atoms with Gasteiger partial charge in [0.25, 0.3) is 0 Å². The molecule has 1 fully saturated rings. The van der Waals surface area contributed by atoms with E-state index < -0.39 is 0 Å². The molecular weight excluding hydrogens is 326 g/mol. The van der Waals surface area contributed by atoms with Crippen molar-refractivity contribution in [2.24, 2.45) is 13.0 Å². The van der Waals surface area contributed by atoms with Gasteiger partial charge in [-0.05, 0) is 42.7 Å². The fourth-order valence-electron chi connectivity index (χ4n) is 3.04. The Morgan fingerprint density at radius 3 is 2.79 bits per heavy atom. The molecule has 1 amide bonds. The maximum atomic E-state index is 12.4. The van der Waals surface area contributed by atoms with Gasteiger partial charge in [0.05, 0.1) is 29.6 Å². The zero-order valence-corrected chi connectivity index (χ0v) is 14.5. The minimum Gasteiger partial charge on any atom is -0.393 e. The maximum Gasteiger partial charge on any atom is 0.224 e. The normalized spacial score (nSPS) is 21.1. The van der Waals surface area contributed by atoms with Crippen LogP contribution in [0.4, 0.5) is 0 Å². The molecule has 1 aliphatic carbocycles. The topological polar surface area (TPSA) is 84.2 Å². The number of aliphatic hydroxyl groups is 1. The molecule has 0 unspecified atom stereocenters. The standard InChI is InChI=1S/C17H21N3O3S/c1-10(21)15-3-11(9-24-15)4-16(23)19-17(12-5-14(22)6-12)13-7-18-20(2)8-13/h3,7-9,12,14,17,22H,4-6H2,1-2H3,(H,19,23)/t12?,14?,17-/m0/s1. The highest BCUT2D eigenvalue weighted by atomic mass is 32.1. The quantitative estimate of drug-likeness (QED) is 0.781. The van der Waals surface area contributed by atoms with Gasteiger partial charge in [-0.15, -0.1) is 11.3 Å². The molecule has 24 heavy (non-hydrogen) atoms. The number of rotatable bonds is 6. The zero-order chi connectivity index (χ0) is 17.3. The number of hydrogen-bond donors (Lipinski definition) is 2. The average molecular weight is 347 g/mol. The summed E-state index contributed by atoms with van der Waals surface area (Å²) in [5.74, 6) is 0.157. The molecule has 0 saturated heterocycles. The number of carbonyl (C=O) groups excluding carboxylic acids is 2. The first-order valence-corrected chi connectivity index (χ1v) is 8.84. The molecule has 128 valence electrons. The molecule has 2 aromatic heterocycles. The minimum absolute atomic E-state index is 0.0170. The molecule has 2 aromatic rings. The number of Topliss-reactive ketones (excluding diaryl/α,β-unsaturated/α-hetero) is 1. The molecular formula is C17H21N3O3S. The minimum atomic E-state index is -0.277. The first-order chi connectivity index (χ1) is 11.4. The summed E-state index contributed by atoms with van der Waals surface area (Å²) in [6.45, 7) is 1.52. The zero-order valence-electron chi connectivity index (χ0n) is 13.7. The fraction of sp³-hybridized carbons (Fsp3) is 0.471. The van der Waals surface area contributed by atoms with E-state index in [2.05, 4.69) is 10.4 Å². The smallest absolute Gasteiger partial charge is 0.224 e. The van der Waals surface area contributed by atoms with Crippen molar-refractivity contribution in [3.8, 4) is 0 Å². The van der Waals surface area contributed by atoms with E-state index >= 15 is 0 Å². The Morgan fingerprint density at radius 2 is 2.25 bits per heavy atom. The van der Waals surface area contributed by atoms with Gasteiger partial charge in [-0.1, -0.05) is 0 Å². The van der Waals surface area contributed by atoms with Crippen molar-refractivity contribution in [1.82, 2.24) is 15.1 Å². The van der Waals surface area contributed by atoms with E-state index in [1.807, 2.05) is 18.6 Å². The number of aryl methyl sites for hydroxylation is 1. The summed E-state index contributed by atoms with van der Waals surface area (Å²) in [4.78, 5) is 24.5. The van der Waals surface area contributed by atoms with E-state index in [0.29, 0.717) is 17.7 Å². The third kappa shape index (κ3) is 3.73. The first kappa shape index (κ1) is 16.9. The third-order valence-electron chi connectivity index (χ3n) is 4.39. The highest BCUT2D eigenvalue weighted by molar-refractivity contribution is 7.12. The van der Waals surface area contributed by atoms with Crippen LogP contribution in [-0.2, 0) is 18.3 Å². The van der Waals surface area contributed by atoms with Crippen LogP contribution in [0.15, 0.2) is 23.8 Å². The lowest BCUT2D eigenvalue weighted by molar-refractivity contribution is -0.122. The lowest BCUT2D eigenvalue weighted by Gasteiger charge is -2.37. The van der Waals surface area contributed by atoms with Crippen molar-refractivity contribution in [1.29, 1.82) is 0 Å². The summed E-state index contributed by atoms with van der Waals surface area (Å²) in [6, 6.07) is 1.64. The number of nitrogens with one attached hydrogen (secondary N) is 1. The van der Waals surface area contributed by atoms with Crippen molar-refractivity contribution < 1.29 is 14.7 Å². The molecule has 7 heteroatoms. The van der Waals surface area contributed by atoms with Crippen molar-refractivity contribution in [2.75, 3.05) is 0 Å². The highest BCUT2D eigenvalue weighted by Crippen LogP contribution is 2.38. The molecule has 2 N–H and O–H groups in total. The first-order valence-electron chi connectivity index (χ1n) is 7.96. The highest BCUT2D eigenvalue weighted by Gasteiger charge is 2.36. The van der Waals surface area contributed by atoms with Crippen LogP contribution < -0.4 is 5.32 Å². The number of ketones is 1. The van der Waals surface area contributed by atoms with Gasteiger partial charge in [0.15, 0.2) is 5.78 Å². The van der Waals surface area contributed by atoms with Gasteiger partial charge < -0.3 is 10.4 Å². The number of aliphatic hydroxyl groups excluding tert-OH is 1. The number of thiophene rings is 1. The number of hydrogen-bond acceptors (Lipinski definition) is 5. The van der Waals surface area contributed by atoms with E-state index in [-0.39, 0.29) is 36.2 Å². The van der Waals surface area contributed by atoms with Gasteiger partial charge in [0.2, 0.25) is 5.91 Å². The SMILES string of the molecule is CC(=O)c1cc(CC(=O)N[C@H](c2cnn(C)c2)C2CC(O)C2)cs1. The van der Waals surface area contributed by atoms with Crippen LogP contribution in [0.25, 0.3) is 0 Å². The lowest BCUT2D eigenvalue weighted by Crippen LogP contribution is -2.41. The summed E-state index contributed by atoms with van der Waals surface area (Å²) in [5, 5.41) is 18.7. The van der Waals surface area contributed by atoms with E-state index in [9.17, 15) is 14.7 Å². The molecule has 1 atom stereocenters. The van der Waals surface area contributed by atoms with E-state index in [4.69, 9.17) is 0 Å². The van der Waals surface area contributed by atoms with Crippen LogP contribution in [0.2, 0.25) is 0 Å². The van der Waals surface area contributed by atoms with E-state index in [1.54, 1.807) is 16.9 Å². The molecule has 1 aliphatic rings. The van der Waals surface area contributed by atoms with Crippen LogP contribution in [0.1, 0.15) is 46.6 Å². The fourth-order valence-corrected chi connectivity index (χ4v) is 3.85. The van der Waals surface area contributed by atoms with Gasteiger partial charge in [0, 0.05) is 18.8 Å². The van der Waals surface area contributed by atoms with Gasteiger partial charge in [-0.3, -0.25) is 14.3 Å². The van der Waals surface area contributed by atoms with Gasteiger partial charge in [0.1, 0.15) is 0 Å². The van der Waals surface area contributed by atoms with Crippen molar-refractivity contribution >= 4 is 23.0 Å². The summed E-state index contributed by atoms with van der Waals surface area (Å²) in [7, 11) is 1.84. The predicted octanol–water partition coefficient (Wildman–Crippen LogP) is 1.86. The Labute approximate surface area is 144 Å². The maximum absolute atomic E-state index is 12.4. The predicted molar refractivity (Wildman–Crippen MR) is 90.9 cm³/mol. The van der Waals surface area contributed by atoms with Crippen LogP contribution >= 0.6 is 11.3 Å². The van der Waals surface area contributed by atoms with Crippen molar-refractivity contribution in [3.63, 3.8) is 0 Å². The van der Waals surface area contributed by atoms with Gasteiger partial charge >= 0.3 is 0 Å². The summed E-state index contributed by atoms with van der Waals surface area (Å²) < 4.78 is 1.71. The van der Waals surface area contributed by atoms with E-state index in [0.717, 1.165) is 11.1 Å². The number of aromatic nitrogens is 2. The summed E-state index contributed by atoms with van der Waals surface area (Å²) in [5.41, 5.74) is 1.80. The molecule has 6 nitrogen and oxygen atoms in total. The van der Waals surface area contributed by atoms with Gasteiger partial charge in [-0.2, -0.15) is 5.10 Å². The Hall–Kier alpha value is -1.99. The number of amides is 1. The van der Waals surface area contributed by atoms with Crippen molar-refractivity contribution in [2.45, 2.75) is 38.3 Å². The molecule has 0 radical (unpaired) electrons. The molecule has 3 rings (SSSR count). The number of carbonyl (C=O) groups is 2. The van der Waals surface area contributed by atoms with Crippen LogP contribution in [0.3, 0.4) is 0 Å². The Bertz CT molecular complexity index is 746. The second-order valence-corrected chi connectivity index (χ2v) is 7.34. The molecule has 0 aliphatic heterocycles. The summed E-state index contributed by atoms with van der Waals surface area (Å²) >= 11 is 1.36. The largest absolute Gasteiger partial charge is 0.393 e.